The van der Waals surface area contributed by atoms with Gasteiger partial charge in [-0.25, -0.2) is 0 Å². The third kappa shape index (κ3) is 4.60. The van der Waals surface area contributed by atoms with E-state index in [1.165, 1.54) is 44.3 Å². The Kier molecular flexibility index (Phi) is 5.48. The molecule has 0 spiro atoms. The second-order valence-corrected chi connectivity index (χ2v) is 5.74. The van der Waals surface area contributed by atoms with Crippen molar-refractivity contribution < 1.29 is 0 Å². The van der Waals surface area contributed by atoms with E-state index in [1.54, 1.807) is 0 Å². The minimum absolute atomic E-state index is 0.226. The minimum Gasteiger partial charge on any atom is -0.326 e. The molecule has 100 valence electrons. The first-order chi connectivity index (χ1) is 8.74. The molecule has 2 rings (SSSR count). The van der Waals surface area contributed by atoms with E-state index in [-0.39, 0.29) is 6.04 Å². The molecule has 1 atom stereocenters. The van der Waals surface area contributed by atoms with Crippen molar-refractivity contribution in [3.63, 3.8) is 0 Å². The lowest BCUT2D eigenvalue weighted by molar-refractivity contribution is 0.266. The van der Waals surface area contributed by atoms with Crippen LogP contribution in [0, 0.1) is 0 Å². The zero-order valence-corrected chi connectivity index (χ0v) is 11.7. The van der Waals surface area contributed by atoms with E-state index in [0.29, 0.717) is 0 Å². The maximum absolute atomic E-state index is 6.25. The van der Waals surface area contributed by atoms with Crippen LogP contribution in [0.1, 0.15) is 31.2 Å². The summed E-state index contributed by atoms with van der Waals surface area (Å²) in [6.45, 7) is 3.45. The van der Waals surface area contributed by atoms with Gasteiger partial charge in [-0.1, -0.05) is 36.6 Å². The standard InChI is InChI=1S/C15H23ClN2/c16-14-7-5-13(6-8-14)11-15(17)12-18-9-3-1-2-4-10-18/h5-8,15H,1-4,9-12,17H2. The van der Waals surface area contributed by atoms with Gasteiger partial charge < -0.3 is 10.6 Å². The molecule has 1 fully saturated rings. The van der Waals surface area contributed by atoms with Gasteiger partial charge in [0.25, 0.3) is 0 Å². The fraction of sp³-hybridized carbons (Fsp3) is 0.600. The number of likely N-dealkylation sites (tertiary alicyclic amines) is 1. The largest absolute Gasteiger partial charge is 0.326 e. The van der Waals surface area contributed by atoms with Crippen molar-refractivity contribution in [2.75, 3.05) is 19.6 Å². The van der Waals surface area contributed by atoms with Crippen LogP contribution in [0.4, 0.5) is 0 Å². The molecule has 2 N–H and O–H groups in total. The molecule has 1 aromatic carbocycles. The first-order valence-corrected chi connectivity index (χ1v) is 7.34. The smallest absolute Gasteiger partial charge is 0.0406 e. The van der Waals surface area contributed by atoms with E-state index >= 15 is 0 Å². The van der Waals surface area contributed by atoms with Gasteiger partial charge >= 0.3 is 0 Å². The zero-order valence-electron chi connectivity index (χ0n) is 10.9. The molecular weight excluding hydrogens is 244 g/mol. The molecule has 0 aliphatic carbocycles. The summed E-state index contributed by atoms with van der Waals surface area (Å²) in [5.74, 6) is 0. The second kappa shape index (κ2) is 7.13. The molecule has 0 saturated carbocycles. The van der Waals surface area contributed by atoms with Crippen molar-refractivity contribution in [1.29, 1.82) is 0 Å². The average molecular weight is 267 g/mol. The van der Waals surface area contributed by atoms with Crippen molar-refractivity contribution in [2.45, 2.75) is 38.1 Å². The van der Waals surface area contributed by atoms with Gasteiger partial charge in [0.1, 0.15) is 0 Å². The van der Waals surface area contributed by atoms with Crippen molar-refractivity contribution >= 4 is 11.6 Å². The van der Waals surface area contributed by atoms with Crippen LogP contribution in [0.5, 0.6) is 0 Å². The van der Waals surface area contributed by atoms with Crippen molar-refractivity contribution in [2.24, 2.45) is 5.73 Å². The van der Waals surface area contributed by atoms with Crippen molar-refractivity contribution in [3.8, 4) is 0 Å². The van der Waals surface area contributed by atoms with E-state index in [1.807, 2.05) is 12.1 Å². The Hall–Kier alpha value is -0.570. The number of benzene rings is 1. The van der Waals surface area contributed by atoms with Gasteiger partial charge in [0.05, 0.1) is 0 Å². The van der Waals surface area contributed by atoms with Gasteiger partial charge in [-0.05, 0) is 50.0 Å². The third-order valence-corrected chi connectivity index (χ3v) is 3.85. The summed E-state index contributed by atoms with van der Waals surface area (Å²) in [5.41, 5.74) is 7.53. The average Bonchev–Trinajstić information content (AvgIpc) is 2.61. The Bertz CT molecular complexity index is 342. The molecule has 1 aliphatic rings. The lowest BCUT2D eigenvalue weighted by Crippen LogP contribution is -2.39. The van der Waals surface area contributed by atoms with Crippen LogP contribution in [0.15, 0.2) is 24.3 Å². The molecule has 2 nitrogen and oxygen atoms in total. The predicted octanol–water partition coefficient (Wildman–Crippen LogP) is 3.09. The minimum atomic E-state index is 0.226. The van der Waals surface area contributed by atoms with Crippen LogP contribution < -0.4 is 5.73 Å². The number of nitrogens with zero attached hydrogens (tertiary/aromatic N) is 1. The second-order valence-electron chi connectivity index (χ2n) is 5.31. The Balaban J connectivity index is 1.80. The van der Waals surface area contributed by atoms with Crippen molar-refractivity contribution in [1.82, 2.24) is 4.90 Å². The highest BCUT2D eigenvalue weighted by Crippen LogP contribution is 2.13. The third-order valence-electron chi connectivity index (χ3n) is 3.60. The monoisotopic (exact) mass is 266 g/mol. The van der Waals surface area contributed by atoms with Gasteiger partial charge in [0.15, 0.2) is 0 Å². The van der Waals surface area contributed by atoms with Crippen LogP contribution in [-0.4, -0.2) is 30.6 Å². The first kappa shape index (κ1) is 13.9. The Morgan fingerprint density at radius 3 is 2.28 bits per heavy atom. The summed E-state index contributed by atoms with van der Waals surface area (Å²) in [5, 5.41) is 0.792. The van der Waals surface area contributed by atoms with Gasteiger partial charge in [0.2, 0.25) is 0 Å². The molecule has 1 aliphatic heterocycles. The fourth-order valence-electron chi connectivity index (χ4n) is 2.64. The van der Waals surface area contributed by atoms with Crippen LogP contribution in [0.2, 0.25) is 5.02 Å². The van der Waals surface area contributed by atoms with Gasteiger partial charge in [-0.15, -0.1) is 0 Å². The van der Waals surface area contributed by atoms with E-state index in [4.69, 9.17) is 17.3 Å². The number of rotatable bonds is 4. The fourth-order valence-corrected chi connectivity index (χ4v) is 2.76. The maximum atomic E-state index is 6.25. The zero-order chi connectivity index (χ0) is 12.8. The van der Waals surface area contributed by atoms with E-state index in [9.17, 15) is 0 Å². The van der Waals surface area contributed by atoms with Crippen LogP contribution in [-0.2, 0) is 6.42 Å². The number of hydrogen-bond acceptors (Lipinski definition) is 2. The quantitative estimate of drug-likeness (QED) is 0.908. The summed E-state index contributed by atoms with van der Waals surface area (Å²) in [4.78, 5) is 2.52. The van der Waals surface area contributed by atoms with Gasteiger partial charge in [0, 0.05) is 17.6 Å². The normalized spacial score (nSPS) is 19.4. The summed E-state index contributed by atoms with van der Waals surface area (Å²) in [6, 6.07) is 8.25. The molecule has 1 unspecified atom stereocenters. The number of hydrogen-bond donors (Lipinski definition) is 1. The lowest BCUT2D eigenvalue weighted by atomic mass is 10.1. The predicted molar refractivity (Wildman–Crippen MR) is 78.0 cm³/mol. The maximum Gasteiger partial charge on any atom is 0.0406 e. The summed E-state index contributed by atoms with van der Waals surface area (Å²) >= 11 is 5.88. The molecule has 18 heavy (non-hydrogen) atoms. The molecule has 0 aromatic heterocycles. The van der Waals surface area contributed by atoms with Crippen molar-refractivity contribution in [3.05, 3.63) is 34.9 Å². The summed E-state index contributed by atoms with van der Waals surface area (Å²) < 4.78 is 0. The Labute approximate surface area is 115 Å². The van der Waals surface area contributed by atoms with E-state index in [0.717, 1.165) is 18.0 Å². The number of halogens is 1. The van der Waals surface area contributed by atoms with Crippen LogP contribution in [0.25, 0.3) is 0 Å². The molecule has 0 radical (unpaired) electrons. The Morgan fingerprint density at radius 2 is 1.67 bits per heavy atom. The molecular formula is C15H23ClN2. The van der Waals surface area contributed by atoms with Gasteiger partial charge in [-0.3, -0.25) is 0 Å². The van der Waals surface area contributed by atoms with E-state index in [2.05, 4.69) is 17.0 Å². The summed E-state index contributed by atoms with van der Waals surface area (Å²) in [6.07, 6.45) is 6.35. The molecule has 1 heterocycles. The van der Waals surface area contributed by atoms with Crippen LogP contribution >= 0.6 is 11.6 Å². The number of nitrogens with two attached hydrogens (primary N) is 1. The molecule has 1 saturated heterocycles. The molecule has 1 aromatic rings. The Morgan fingerprint density at radius 1 is 1.06 bits per heavy atom. The highest BCUT2D eigenvalue weighted by molar-refractivity contribution is 6.30. The first-order valence-electron chi connectivity index (χ1n) is 6.96. The van der Waals surface area contributed by atoms with Gasteiger partial charge in [-0.2, -0.15) is 0 Å². The SMILES string of the molecule is NC(Cc1ccc(Cl)cc1)CN1CCCCCC1. The highest BCUT2D eigenvalue weighted by Gasteiger charge is 2.13. The molecule has 3 heteroatoms. The van der Waals surface area contributed by atoms with Crippen LogP contribution in [0.3, 0.4) is 0 Å². The van der Waals surface area contributed by atoms with E-state index < -0.39 is 0 Å². The lowest BCUT2D eigenvalue weighted by Gasteiger charge is -2.23. The molecule has 0 bridgehead atoms. The molecule has 0 amide bonds. The highest BCUT2D eigenvalue weighted by atomic mass is 35.5. The summed E-state index contributed by atoms with van der Waals surface area (Å²) in [7, 11) is 0. The topological polar surface area (TPSA) is 29.3 Å².